The molecule has 0 amide bonds. The molecule has 0 fully saturated rings. The van der Waals surface area contributed by atoms with Gasteiger partial charge in [0.2, 0.25) is 0 Å². The van der Waals surface area contributed by atoms with Crippen molar-refractivity contribution in [3.8, 4) is 0 Å². The number of ether oxygens (including phenoxy) is 1. The van der Waals surface area contributed by atoms with Crippen LogP contribution in [0.25, 0.3) is 0 Å². The zero-order chi connectivity index (χ0) is 14.4. The number of hydrogen-bond acceptors (Lipinski definition) is 6. The molecular formula is C10H21Cl2O6P. The highest BCUT2D eigenvalue weighted by atomic mass is 35.5. The molecule has 116 valence electrons. The maximum absolute atomic E-state index is 12.1. The van der Waals surface area contributed by atoms with Crippen LogP contribution in [0, 0.1) is 0 Å². The maximum atomic E-state index is 12.1. The van der Waals surface area contributed by atoms with Crippen LogP contribution in [0.2, 0.25) is 0 Å². The second-order valence-corrected chi connectivity index (χ2v) is 5.79. The third kappa shape index (κ3) is 12.1. The van der Waals surface area contributed by atoms with Crippen molar-refractivity contribution in [1.29, 1.82) is 0 Å². The summed E-state index contributed by atoms with van der Waals surface area (Å²) in [7, 11) is -3.59. The molecule has 0 aliphatic rings. The summed E-state index contributed by atoms with van der Waals surface area (Å²) in [5.41, 5.74) is 0. The topological polar surface area (TPSA) is 74.2 Å². The number of aliphatic hydroxyl groups is 1. The zero-order valence-electron chi connectivity index (χ0n) is 10.8. The molecule has 0 saturated carbocycles. The standard InChI is InChI=1S/C10H21Cl2O6P/c11-3-1-6-16-19(14,17-7-2-4-12)18-10-9-15-8-5-13/h13H,1-10H2. The fourth-order valence-corrected chi connectivity index (χ4v) is 2.39. The van der Waals surface area contributed by atoms with E-state index < -0.39 is 7.82 Å². The average molecular weight is 339 g/mol. The van der Waals surface area contributed by atoms with Gasteiger partial charge >= 0.3 is 7.82 Å². The van der Waals surface area contributed by atoms with Crippen molar-refractivity contribution in [3.05, 3.63) is 0 Å². The number of halogens is 2. The summed E-state index contributed by atoms with van der Waals surface area (Å²) >= 11 is 11.0. The van der Waals surface area contributed by atoms with Crippen LogP contribution in [0.5, 0.6) is 0 Å². The third-order valence-electron chi connectivity index (χ3n) is 1.77. The van der Waals surface area contributed by atoms with Crippen LogP contribution in [-0.4, -0.2) is 56.5 Å². The molecule has 0 aliphatic heterocycles. The fourth-order valence-electron chi connectivity index (χ4n) is 0.948. The summed E-state index contributed by atoms with van der Waals surface area (Å²) in [6.45, 7) is 0.767. The molecule has 19 heavy (non-hydrogen) atoms. The Morgan fingerprint density at radius 3 is 1.84 bits per heavy atom. The highest BCUT2D eigenvalue weighted by Crippen LogP contribution is 2.49. The number of phosphoric acid groups is 1. The Kier molecular flexibility index (Phi) is 14.0. The minimum atomic E-state index is -3.59. The Balaban J connectivity index is 3.97. The van der Waals surface area contributed by atoms with Crippen molar-refractivity contribution in [2.45, 2.75) is 12.8 Å². The molecule has 9 heteroatoms. The van der Waals surface area contributed by atoms with E-state index in [1.54, 1.807) is 0 Å². The summed E-state index contributed by atoms with van der Waals surface area (Å²) in [4.78, 5) is 0. The normalized spacial score (nSPS) is 11.9. The van der Waals surface area contributed by atoms with Gasteiger partial charge < -0.3 is 9.84 Å². The van der Waals surface area contributed by atoms with E-state index in [9.17, 15) is 4.57 Å². The van der Waals surface area contributed by atoms with E-state index in [4.69, 9.17) is 46.6 Å². The highest BCUT2D eigenvalue weighted by Gasteiger charge is 2.26. The highest BCUT2D eigenvalue weighted by molar-refractivity contribution is 7.48. The molecule has 1 N–H and O–H groups in total. The minimum Gasteiger partial charge on any atom is -0.394 e. The van der Waals surface area contributed by atoms with Crippen LogP contribution >= 0.6 is 31.0 Å². The Morgan fingerprint density at radius 1 is 0.842 bits per heavy atom. The number of rotatable bonds is 14. The third-order valence-corrected chi connectivity index (χ3v) is 3.80. The smallest absolute Gasteiger partial charge is 0.394 e. The molecule has 0 aliphatic carbocycles. The van der Waals surface area contributed by atoms with Crippen LogP contribution in [0.1, 0.15) is 12.8 Å². The van der Waals surface area contributed by atoms with Gasteiger partial charge in [-0.25, -0.2) is 4.57 Å². The fraction of sp³-hybridized carbons (Fsp3) is 1.00. The molecule has 0 aromatic carbocycles. The molecule has 0 saturated heterocycles. The largest absolute Gasteiger partial charge is 0.474 e. The van der Waals surface area contributed by atoms with Crippen LogP contribution < -0.4 is 0 Å². The van der Waals surface area contributed by atoms with E-state index in [-0.39, 0.29) is 39.6 Å². The Bertz CT molecular complexity index is 230. The Morgan fingerprint density at radius 2 is 1.37 bits per heavy atom. The molecule has 0 aromatic rings. The van der Waals surface area contributed by atoms with Gasteiger partial charge in [0.25, 0.3) is 0 Å². The van der Waals surface area contributed by atoms with Gasteiger partial charge in [-0.15, -0.1) is 23.2 Å². The molecule has 0 unspecified atom stereocenters. The van der Waals surface area contributed by atoms with E-state index in [0.717, 1.165) is 0 Å². The molecule has 6 nitrogen and oxygen atoms in total. The zero-order valence-corrected chi connectivity index (χ0v) is 13.2. The molecule has 0 bridgehead atoms. The number of alkyl halides is 2. The lowest BCUT2D eigenvalue weighted by Gasteiger charge is -2.17. The molecule has 0 rings (SSSR count). The van der Waals surface area contributed by atoms with Crippen molar-refractivity contribution in [3.63, 3.8) is 0 Å². The Labute approximate surface area is 123 Å². The van der Waals surface area contributed by atoms with Crippen LogP contribution in [0.4, 0.5) is 0 Å². The molecular weight excluding hydrogens is 318 g/mol. The van der Waals surface area contributed by atoms with Gasteiger partial charge in [0, 0.05) is 11.8 Å². The first-order valence-electron chi connectivity index (χ1n) is 6.02. The first-order valence-corrected chi connectivity index (χ1v) is 8.55. The number of phosphoric ester groups is 1. The SMILES string of the molecule is O=P(OCCCCl)(OCCCCl)OCCOCCO. The lowest BCUT2D eigenvalue weighted by atomic mass is 10.5. The lowest BCUT2D eigenvalue weighted by molar-refractivity contribution is 0.0496. The molecule has 0 radical (unpaired) electrons. The maximum Gasteiger partial charge on any atom is 0.474 e. The van der Waals surface area contributed by atoms with Crippen molar-refractivity contribution < 1.29 is 28.0 Å². The van der Waals surface area contributed by atoms with Crippen molar-refractivity contribution in [2.75, 3.05) is 51.4 Å². The van der Waals surface area contributed by atoms with Crippen LogP contribution in [-0.2, 0) is 22.9 Å². The van der Waals surface area contributed by atoms with E-state index in [2.05, 4.69) is 0 Å². The molecule has 0 spiro atoms. The van der Waals surface area contributed by atoms with Gasteiger partial charge in [-0.2, -0.15) is 0 Å². The van der Waals surface area contributed by atoms with E-state index in [1.807, 2.05) is 0 Å². The van der Waals surface area contributed by atoms with Gasteiger partial charge in [0.1, 0.15) is 0 Å². The summed E-state index contributed by atoms with van der Waals surface area (Å²) < 4.78 is 32.4. The molecule has 0 aromatic heterocycles. The van der Waals surface area contributed by atoms with Gasteiger partial charge in [0.05, 0.1) is 39.6 Å². The molecule has 0 atom stereocenters. The van der Waals surface area contributed by atoms with E-state index >= 15 is 0 Å². The first-order chi connectivity index (χ1) is 9.18. The molecule has 0 heterocycles. The summed E-state index contributed by atoms with van der Waals surface area (Å²) in [6.07, 6.45) is 1.10. The summed E-state index contributed by atoms with van der Waals surface area (Å²) in [6, 6.07) is 0. The van der Waals surface area contributed by atoms with E-state index in [1.165, 1.54) is 0 Å². The lowest BCUT2D eigenvalue weighted by Crippen LogP contribution is -2.09. The summed E-state index contributed by atoms with van der Waals surface area (Å²) in [5.74, 6) is 0.808. The van der Waals surface area contributed by atoms with Gasteiger partial charge in [0.15, 0.2) is 0 Å². The summed E-state index contributed by atoms with van der Waals surface area (Å²) in [5, 5.41) is 8.52. The van der Waals surface area contributed by atoms with Gasteiger partial charge in [-0.1, -0.05) is 0 Å². The quantitative estimate of drug-likeness (QED) is 0.298. The predicted molar refractivity (Wildman–Crippen MR) is 74.0 cm³/mol. The van der Waals surface area contributed by atoms with Crippen LogP contribution in [0.15, 0.2) is 0 Å². The monoisotopic (exact) mass is 338 g/mol. The average Bonchev–Trinajstić information content (AvgIpc) is 2.39. The number of aliphatic hydroxyl groups excluding tert-OH is 1. The Hall–Kier alpha value is 0.610. The second kappa shape index (κ2) is 13.6. The minimum absolute atomic E-state index is 0.0546. The first kappa shape index (κ1) is 19.6. The van der Waals surface area contributed by atoms with E-state index in [0.29, 0.717) is 24.6 Å². The second-order valence-electron chi connectivity index (χ2n) is 3.37. The van der Waals surface area contributed by atoms with Crippen LogP contribution in [0.3, 0.4) is 0 Å². The van der Waals surface area contributed by atoms with Crippen molar-refractivity contribution >= 4 is 31.0 Å². The van der Waals surface area contributed by atoms with Gasteiger partial charge in [-0.3, -0.25) is 13.6 Å². The predicted octanol–water partition coefficient (Wildman–Crippen LogP) is 2.41. The number of hydrogen-bond donors (Lipinski definition) is 1. The van der Waals surface area contributed by atoms with Crippen molar-refractivity contribution in [2.24, 2.45) is 0 Å². The van der Waals surface area contributed by atoms with Gasteiger partial charge in [-0.05, 0) is 12.8 Å². The van der Waals surface area contributed by atoms with Crippen molar-refractivity contribution in [1.82, 2.24) is 0 Å².